The Balaban J connectivity index is 1.79. The number of benzene rings is 1. The van der Waals surface area contributed by atoms with Crippen LogP contribution in [0.3, 0.4) is 0 Å². The minimum Gasteiger partial charge on any atom is -0.493 e. The fraction of sp³-hybridized carbons (Fsp3) is 0.214. The van der Waals surface area contributed by atoms with Crippen LogP contribution in [0.4, 0.5) is 18.9 Å². The van der Waals surface area contributed by atoms with Crippen molar-refractivity contribution in [2.24, 2.45) is 0 Å². The lowest BCUT2D eigenvalue weighted by atomic mass is 10.3. The highest BCUT2D eigenvalue weighted by molar-refractivity contribution is 7.99. The minimum absolute atomic E-state index is 0.414. The molecule has 2 aromatic rings. The molecule has 0 fully saturated rings. The van der Waals surface area contributed by atoms with Gasteiger partial charge >= 0.3 is 6.18 Å². The first-order valence-corrected chi connectivity index (χ1v) is 7.08. The Morgan fingerprint density at radius 1 is 1.19 bits per heavy atom. The van der Waals surface area contributed by atoms with Gasteiger partial charge in [0.15, 0.2) is 0 Å². The number of nitrogens with two attached hydrogens (primary N) is 1. The van der Waals surface area contributed by atoms with Gasteiger partial charge in [-0.15, -0.1) is 11.8 Å². The summed E-state index contributed by atoms with van der Waals surface area (Å²) in [5, 5.41) is 0.527. The van der Waals surface area contributed by atoms with Crippen molar-refractivity contribution in [1.29, 1.82) is 0 Å². The molecule has 1 aromatic carbocycles. The fourth-order valence-electron chi connectivity index (χ4n) is 1.54. The predicted molar refractivity (Wildman–Crippen MR) is 76.3 cm³/mol. The summed E-state index contributed by atoms with van der Waals surface area (Å²) in [6, 6.07) is 9.42. The van der Waals surface area contributed by atoms with Crippen molar-refractivity contribution >= 4 is 17.4 Å². The summed E-state index contributed by atoms with van der Waals surface area (Å²) >= 11 is 1.33. The van der Waals surface area contributed by atoms with Gasteiger partial charge in [0.05, 0.1) is 17.2 Å². The Kier molecular flexibility index (Phi) is 4.95. The molecule has 0 saturated carbocycles. The Labute approximate surface area is 124 Å². The van der Waals surface area contributed by atoms with E-state index in [1.807, 2.05) is 0 Å². The smallest absolute Gasteiger partial charge is 0.417 e. The van der Waals surface area contributed by atoms with Crippen molar-refractivity contribution < 1.29 is 17.9 Å². The highest BCUT2D eigenvalue weighted by Crippen LogP contribution is 2.29. The number of hydrogen-bond acceptors (Lipinski definition) is 4. The van der Waals surface area contributed by atoms with Gasteiger partial charge in [-0.2, -0.15) is 13.2 Å². The first kappa shape index (κ1) is 15.5. The zero-order valence-corrected chi connectivity index (χ0v) is 11.7. The van der Waals surface area contributed by atoms with Crippen LogP contribution in [0.1, 0.15) is 5.56 Å². The topological polar surface area (TPSA) is 48.1 Å². The molecule has 0 bridgehead atoms. The summed E-state index contributed by atoms with van der Waals surface area (Å²) in [6.45, 7) is 0.414. The van der Waals surface area contributed by atoms with Crippen molar-refractivity contribution in [3.8, 4) is 5.75 Å². The molecule has 21 heavy (non-hydrogen) atoms. The van der Waals surface area contributed by atoms with Crippen LogP contribution >= 0.6 is 11.8 Å². The van der Waals surface area contributed by atoms with E-state index in [1.165, 1.54) is 17.8 Å². The van der Waals surface area contributed by atoms with Crippen molar-refractivity contribution in [3.05, 3.63) is 48.2 Å². The van der Waals surface area contributed by atoms with Crippen molar-refractivity contribution in [2.45, 2.75) is 11.2 Å². The van der Waals surface area contributed by atoms with Crippen molar-refractivity contribution in [1.82, 2.24) is 4.98 Å². The molecule has 0 spiro atoms. The molecule has 7 heteroatoms. The maximum atomic E-state index is 12.4. The van der Waals surface area contributed by atoms with Gasteiger partial charge in [-0.25, -0.2) is 4.98 Å². The molecule has 1 aromatic heterocycles. The monoisotopic (exact) mass is 314 g/mol. The van der Waals surface area contributed by atoms with Crippen LogP contribution in [0, 0.1) is 0 Å². The molecule has 0 saturated heterocycles. The molecule has 2 rings (SSSR count). The largest absolute Gasteiger partial charge is 0.493 e. The lowest BCUT2D eigenvalue weighted by Crippen LogP contribution is -2.05. The summed E-state index contributed by atoms with van der Waals surface area (Å²) in [5.74, 6) is 1.24. The van der Waals surface area contributed by atoms with Gasteiger partial charge in [-0.1, -0.05) is 6.07 Å². The minimum atomic E-state index is -4.35. The number of rotatable bonds is 5. The zero-order chi connectivity index (χ0) is 15.3. The number of pyridine rings is 1. The van der Waals surface area contributed by atoms with E-state index in [4.69, 9.17) is 10.5 Å². The molecule has 2 N–H and O–H groups in total. The van der Waals surface area contributed by atoms with Gasteiger partial charge < -0.3 is 10.5 Å². The van der Waals surface area contributed by atoms with Crippen LogP contribution in [-0.2, 0) is 6.18 Å². The molecule has 0 aliphatic carbocycles. The van der Waals surface area contributed by atoms with E-state index in [1.54, 1.807) is 24.3 Å². The Hall–Kier alpha value is -1.89. The van der Waals surface area contributed by atoms with Crippen LogP contribution < -0.4 is 10.5 Å². The lowest BCUT2D eigenvalue weighted by molar-refractivity contribution is -0.137. The predicted octanol–water partition coefficient (Wildman–Crippen LogP) is 3.85. The van der Waals surface area contributed by atoms with E-state index in [9.17, 15) is 13.2 Å². The van der Waals surface area contributed by atoms with Gasteiger partial charge in [0.2, 0.25) is 0 Å². The lowest BCUT2D eigenvalue weighted by Gasteiger charge is -2.08. The number of aromatic nitrogens is 1. The number of thioether (sulfide) groups is 1. The van der Waals surface area contributed by atoms with Crippen LogP contribution in [0.2, 0.25) is 0 Å². The Morgan fingerprint density at radius 2 is 2.00 bits per heavy atom. The number of anilines is 1. The maximum Gasteiger partial charge on any atom is 0.417 e. The summed E-state index contributed by atoms with van der Waals surface area (Å²) < 4.78 is 42.6. The van der Waals surface area contributed by atoms with Crippen molar-refractivity contribution in [3.63, 3.8) is 0 Å². The van der Waals surface area contributed by atoms with Crippen LogP contribution in [0.15, 0.2) is 47.6 Å². The molecule has 0 radical (unpaired) electrons. The van der Waals surface area contributed by atoms with E-state index < -0.39 is 11.7 Å². The van der Waals surface area contributed by atoms with Gasteiger partial charge in [0.25, 0.3) is 0 Å². The quantitative estimate of drug-likeness (QED) is 0.517. The summed E-state index contributed by atoms with van der Waals surface area (Å²) in [7, 11) is 0. The molecular formula is C14H13F3N2OS. The SMILES string of the molecule is Nc1cccc(OCCSc2ccc(C(F)(F)F)cn2)c1. The second-order valence-electron chi connectivity index (χ2n) is 4.15. The highest BCUT2D eigenvalue weighted by Gasteiger charge is 2.30. The second kappa shape index (κ2) is 6.71. The zero-order valence-electron chi connectivity index (χ0n) is 10.9. The third-order valence-corrected chi connectivity index (χ3v) is 3.43. The van der Waals surface area contributed by atoms with E-state index >= 15 is 0 Å². The number of halogens is 3. The molecule has 3 nitrogen and oxygen atoms in total. The molecule has 112 valence electrons. The second-order valence-corrected chi connectivity index (χ2v) is 5.27. The molecule has 0 amide bonds. The number of nitrogens with zero attached hydrogens (tertiary/aromatic N) is 1. The number of alkyl halides is 3. The molecule has 0 aliphatic heterocycles. The first-order chi connectivity index (χ1) is 9.95. The van der Waals surface area contributed by atoms with Gasteiger partial charge in [0, 0.05) is 23.7 Å². The van der Waals surface area contributed by atoms with Crippen molar-refractivity contribution in [2.75, 3.05) is 18.1 Å². The Bertz CT molecular complexity index is 588. The normalized spacial score (nSPS) is 11.4. The van der Waals surface area contributed by atoms with Gasteiger partial charge in [0.1, 0.15) is 5.75 Å². The summed E-state index contributed by atoms with van der Waals surface area (Å²) in [6.07, 6.45) is -3.52. The summed E-state index contributed by atoms with van der Waals surface area (Å²) in [4.78, 5) is 3.77. The third-order valence-electron chi connectivity index (χ3n) is 2.52. The molecule has 0 atom stereocenters. The van der Waals surface area contributed by atoms with E-state index in [0.717, 1.165) is 12.3 Å². The first-order valence-electron chi connectivity index (χ1n) is 6.09. The standard InChI is InChI=1S/C14H13F3N2OS/c15-14(16,17)10-4-5-13(19-9-10)21-7-6-20-12-3-1-2-11(18)8-12/h1-5,8-9H,6-7,18H2. The fourth-order valence-corrected chi connectivity index (χ4v) is 2.21. The molecule has 1 heterocycles. The van der Waals surface area contributed by atoms with Crippen LogP contribution in [0.25, 0.3) is 0 Å². The third kappa shape index (κ3) is 4.86. The molecule has 0 aliphatic rings. The molecule has 0 unspecified atom stereocenters. The number of hydrogen-bond donors (Lipinski definition) is 1. The van der Waals surface area contributed by atoms with Gasteiger partial charge in [-0.3, -0.25) is 0 Å². The number of nitrogen functional groups attached to an aromatic ring is 1. The molecular weight excluding hydrogens is 301 g/mol. The van der Waals surface area contributed by atoms with Crippen LogP contribution in [-0.4, -0.2) is 17.3 Å². The highest BCUT2D eigenvalue weighted by atomic mass is 32.2. The average molecular weight is 314 g/mol. The Morgan fingerprint density at radius 3 is 2.62 bits per heavy atom. The van der Waals surface area contributed by atoms with E-state index in [2.05, 4.69) is 4.98 Å². The summed E-state index contributed by atoms with van der Waals surface area (Å²) in [5.41, 5.74) is 5.48. The van der Waals surface area contributed by atoms with Crippen LogP contribution in [0.5, 0.6) is 5.75 Å². The van der Waals surface area contributed by atoms with Gasteiger partial charge in [-0.05, 0) is 24.3 Å². The average Bonchev–Trinajstić information content (AvgIpc) is 2.43. The van der Waals surface area contributed by atoms with E-state index in [0.29, 0.717) is 28.8 Å². The maximum absolute atomic E-state index is 12.4. The number of ether oxygens (including phenoxy) is 1. The van der Waals surface area contributed by atoms with E-state index in [-0.39, 0.29) is 0 Å².